The first-order chi connectivity index (χ1) is 8.87. The standard InChI is InChI=1S/C7H15Cl2N2O2P/c8-2-5-11(6-3-9)14(12)10-4-1-7-13-14/h1-7H2,(H,10,12)/i4D2,5D2,7D2. The average Bonchev–Trinajstić information content (AvgIpc) is 2.20. The van der Waals surface area contributed by atoms with Gasteiger partial charge < -0.3 is 4.52 Å². The maximum Gasteiger partial charge on any atom is 0.343 e. The van der Waals surface area contributed by atoms with Crippen molar-refractivity contribution >= 4 is 30.9 Å². The van der Waals surface area contributed by atoms with E-state index in [1.807, 2.05) is 5.09 Å². The smallest absolute Gasteiger partial charge is 0.306 e. The van der Waals surface area contributed by atoms with Crippen LogP contribution in [0.25, 0.3) is 0 Å². The second-order valence-corrected chi connectivity index (χ2v) is 4.90. The number of nitrogens with zero attached hydrogens (tertiary/aromatic N) is 1. The molecule has 4 nitrogen and oxygen atoms in total. The van der Waals surface area contributed by atoms with Crippen LogP contribution in [-0.2, 0) is 9.09 Å². The molecular weight excluding hydrogens is 246 g/mol. The fourth-order valence-electron chi connectivity index (χ4n) is 0.881. The fourth-order valence-corrected chi connectivity index (χ4v) is 2.80. The summed E-state index contributed by atoms with van der Waals surface area (Å²) in [4.78, 5) is 0. The van der Waals surface area contributed by atoms with Gasteiger partial charge in [-0.1, -0.05) is 0 Å². The number of alkyl halides is 2. The van der Waals surface area contributed by atoms with E-state index in [1.165, 1.54) is 0 Å². The fraction of sp³-hybridized carbons (Fsp3) is 1.00. The summed E-state index contributed by atoms with van der Waals surface area (Å²) in [6.45, 7) is -7.37. The molecule has 0 aromatic heterocycles. The Morgan fingerprint density at radius 1 is 1.64 bits per heavy atom. The quantitative estimate of drug-likeness (QED) is 0.610. The minimum Gasteiger partial charge on any atom is -0.306 e. The molecule has 0 aliphatic carbocycles. The van der Waals surface area contributed by atoms with Crippen molar-refractivity contribution in [3.05, 3.63) is 0 Å². The monoisotopic (exact) mass is 266 g/mol. The van der Waals surface area contributed by atoms with Crippen LogP contribution in [0.4, 0.5) is 0 Å². The van der Waals surface area contributed by atoms with Crippen molar-refractivity contribution < 1.29 is 17.3 Å². The van der Waals surface area contributed by atoms with E-state index in [0.717, 1.165) is 0 Å². The highest BCUT2D eigenvalue weighted by molar-refractivity contribution is 7.54. The van der Waals surface area contributed by atoms with Gasteiger partial charge in [-0.3, -0.25) is 4.57 Å². The molecule has 0 spiro atoms. The molecule has 1 aliphatic heterocycles. The lowest BCUT2D eigenvalue weighted by Gasteiger charge is -2.33. The van der Waals surface area contributed by atoms with Gasteiger partial charge in [0.15, 0.2) is 0 Å². The molecule has 1 fully saturated rings. The highest BCUT2D eigenvalue weighted by Gasteiger charge is 2.32. The Morgan fingerprint density at radius 3 is 3.00 bits per heavy atom. The van der Waals surface area contributed by atoms with Gasteiger partial charge in [0.1, 0.15) is 0 Å². The molecule has 84 valence electrons. The highest BCUT2D eigenvalue weighted by atomic mass is 35.5. The Kier molecular flexibility index (Phi) is 2.90. The van der Waals surface area contributed by atoms with E-state index in [1.54, 1.807) is 0 Å². The number of hydrogen-bond donors (Lipinski definition) is 1. The Hall–Kier alpha value is 0.690. The van der Waals surface area contributed by atoms with Gasteiger partial charge in [-0.25, -0.2) is 9.76 Å². The van der Waals surface area contributed by atoms with Crippen molar-refractivity contribution in [1.29, 1.82) is 0 Å². The van der Waals surface area contributed by atoms with Crippen LogP contribution in [0.1, 0.15) is 14.6 Å². The van der Waals surface area contributed by atoms with Crippen LogP contribution in [0.15, 0.2) is 0 Å². The Bertz CT molecular complexity index is 393. The molecule has 7 heteroatoms. The third-order valence-electron chi connectivity index (χ3n) is 1.43. The lowest BCUT2D eigenvalue weighted by molar-refractivity contribution is 0.233. The third-order valence-corrected chi connectivity index (χ3v) is 3.51. The number of nitrogens with one attached hydrogen (secondary N) is 1. The number of hydrogen-bond acceptors (Lipinski definition) is 2. The first-order valence-electron chi connectivity index (χ1n) is 6.88. The topological polar surface area (TPSA) is 41.6 Å². The minimum absolute atomic E-state index is 0.114. The molecule has 0 saturated carbocycles. The Balaban J connectivity index is 3.19. The third kappa shape index (κ3) is 3.37. The van der Waals surface area contributed by atoms with E-state index < -0.39 is 39.5 Å². The molecule has 0 aromatic rings. The van der Waals surface area contributed by atoms with Gasteiger partial charge in [-0.15, -0.1) is 23.2 Å². The summed E-state index contributed by atoms with van der Waals surface area (Å²) in [7, 11) is -4.33. The van der Waals surface area contributed by atoms with E-state index in [-0.39, 0.29) is 12.4 Å². The molecule has 0 bridgehead atoms. The molecular formula is C7H15Cl2N2O2P. The van der Waals surface area contributed by atoms with Gasteiger partial charge in [-0.2, -0.15) is 0 Å². The van der Waals surface area contributed by atoms with Gasteiger partial charge >= 0.3 is 7.67 Å². The van der Waals surface area contributed by atoms with E-state index in [4.69, 9.17) is 36.0 Å². The molecule has 0 radical (unpaired) electrons. The average molecular weight is 267 g/mol. The molecule has 0 aromatic carbocycles. The van der Waals surface area contributed by atoms with Crippen LogP contribution in [0.3, 0.4) is 0 Å². The number of rotatable bonds is 5. The van der Waals surface area contributed by atoms with E-state index in [2.05, 4.69) is 0 Å². The van der Waals surface area contributed by atoms with Crippen molar-refractivity contribution in [2.24, 2.45) is 0 Å². The SMILES string of the molecule is [2H]C1([2H])CC([2H])([2H])OP(=O)(N(CCCl)C([2H])([2H])CCl)N1. The lowest BCUT2D eigenvalue weighted by Crippen LogP contribution is -2.35. The maximum atomic E-state index is 12.7. The molecule has 1 unspecified atom stereocenters. The van der Waals surface area contributed by atoms with Crippen LogP contribution < -0.4 is 5.09 Å². The second-order valence-electron chi connectivity index (χ2n) is 2.33. The van der Waals surface area contributed by atoms with Gasteiger partial charge in [0, 0.05) is 36.8 Å². The van der Waals surface area contributed by atoms with E-state index in [0.29, 0.717) is 4.67 Å². The predicted molar refractivity (Wildman–Crippen MR) is 59.2 cm³/mol. The second kappa shape index (κ2) is 6.31. The summed E-state index contributed by atoms with van der Waals surface area (Å²) in [5.41, 5.74) is 0. The van der Waals surface area contributed by atoms with Crippen LogP contribution in [-0.4, -0.2) is 42.5 Å². The summed E-state index contributed by atoms with van der Waals surface area (Å²) in [5.74, 6) is -0.678. The molecule has 1 atom stereocenters. The molecule has 14 heavy (non-hydrogen) atoms. The zero-order valence-electron chi connectivity index (χ0n) is 13.3. The minimum atomic E-state index is -4.33. The van der Waals surface area contributed by atoms with Gasteiger partial charge in [0.2, 0.25) is 0 Å². The first-order valence-corrected chi connectivity index (χ1v) is 6.52. The van der Waals surface area contributed by atoms with Gasteiger partial charge in [0.25, 0.3) is 0 Å². The normalized spacial score (nSPS) is 42.8. The Labute approximate surface area is 103 Å². The molecule has 1 aliphatic rings. The van der Waals surface area contributed by atoms with Crippen molar-refractivity contribution in [2.45, 2.75) is 6.42 Å². The summed E-state index contributed by atoms with van der Waals surface area (Å²) in [6, 6.07) is 0. The maximum absolute atomic E-state index is 12.7. The van der Waals surface area contributed by atoms with Crippen molar-refractivity contribution in [3.8, 4) is 0 Å². The van der Waals surface area contributed by atoms with Crippen LogP contribution in [0, 0.1) is 0 Å². The summed E-state index contributed by atoms with van der Waals surface area (Å²) < 4.78 is 63.8. The lowest BCUT2D eigenvalue weighted by atomic mass is 10.5. The van der Waals surface area contributed by atoms with Crippen molar-refractivity contribution in [1.82, 2.24) is 9.76 Å². The van der Waals surface area contributed by atoms with Crippen molar-refractivity contribution in [3.63, 3.8) is 0 Å². The van der Waals surface area contributed by atoms with Gasteiger partial charge in [0.05, 0.1) is 9.30 Å². The summed E-state index contributed by atoms with van der Waals surface area (Å²) in [6.07, 6.45) is -0.678. The predicted octanol–water partition coefficient (Wildman–Crippen LogP) is 1.88. The molecule has 1 rings (SSSR count). The van der Waals surface area contributed by atoms with Crippen LogP contribution >= 0.6 is 30.9 Å². The van der Waals surface area contributed by atoms with Gasteiger partial charge in [-0.05, 0) is 6.42 Å². The first kappa shape index (κ1) is 6.43. The van der Waals surface area contributed by atoms with E-state index in [9.17, 15) is 4.57 Å². The van der Waals surface area contributed by atoms with Crippen LogP contribution in [0.5, 0.6) is 0 Å². The Morgan fingerprint density at radius 2 is 2.43 bits per heavy atom. The van der Waals surface area contributed by atoms with E-state index >= 15 is 0 Å². The summed E-state index contributed by atoms with van der Waals surface area (Å²) in [5, 5.41) is 2.05. The van der Waals surface area contributed by atoms with Crippen molar-refractivity contribution in [2.75, 3.05) is 37.9 Å². The summed E-state index contributed by atoms with van der Waals surface area (Å²) >= 11 is 11.0. The molecule has 1 N–H and O–H groups in total. The van der Waals surface area contributed by atoms with Crippen LogP contribution in [0.2, 0.25) is 0 Å². The molecule has 1 heterocycles. The molecule has 0 amide bonds. The zero-order valence-corrected chi connectivity index (χ0v) is 9.70. The highest BCUT2D eigenvalue weighted by Crippen LogP contribution is 2.47. The zero-order chi connectivity index (χ0) is 15.8. The molecule has 1 saturated heterocycles. The number of halogens is 2. The largest absolute Gasteiger partial charge is 0.343 e.